The van der Waals surface area contributed by atoms with E-state index in [4.69, 9.17) is 0 Å². The van der Waals surface area contributed by atoms with Crippen LogP contribution in [0.3, 0.4) is 0 Å². The molecular weight excluding hydrogens is 86.1 g/mol. The zero-order valence-electron chi connectivity index (χ0n) is 4.78. The Bertz CT molecular complexity index is 86.8. The largest absolute Gasteiger partial charge is 0.302 e. The van der Waals surface area contributed by atoms with Crippen LogP contribution in [-0.4, -0.2) is 24.5 Å². The number of fused-ring (bicyclic) bond motifs is 1. The van der Waals surface area contributed by atoms with Crippen molar-refractivity contribution >= 4 is 0 Å². The fourth-order valence-corrected chi connectivity index (χ4v) is 1.78. The van der Waals surface area contributed by atoms with Crippen molar-refractivity contribution in [1.82, 2.24) is 4.90 Å². The zero-order chi connectivity index (χ0) is 4.91. The second-order valence-electron chi connectivity index (χ2n) is 3.27. The van der Waals surface area contributed by atoms with E-state index in [9.17, 15) is 0 Å². The summed E-state index contributed by atoms with van der Waals surface area (Å²) in [6.07, 6.45) is 1.45. The van der Waals surface area contributed by atoms with E-state index in [2.05, 4.69) is 11.8 Å². The minimum absolute atomic E-state index is 0.764. The minimum Gasteiger partial charge on any atom is -0.302 e. The van der Waals surface area contributed by atoms with Gasteiger partial charge >= 0.3 is 0 Å². The lowest BCUT2D eigenvalue weighted by molar-refractivity contribution is 0.120. The lowest BCUT2D eigenvalue weighted by atomic mass is 9.86. The summed E-state index contributed by atoms with van der Waals surface area (Å²) >= 11 is 0. The van der Waals surface area contributed by atoms with Crippen molar-refractivity contribution in [3.8, 4) is 0 Å². The van der Waals surface area contributed by atoms with Crippen molar-refractivity contribution in [2.24, 2.45) is 5.41 Å². The Balaban J connectivity index is 2.20. The van der Waals surface area contributed by atoms with E-state index in [0.717, 1.165) is 5.41 Å². The fraction of sp³-hybridized carbons (Fsp3) is 1.00. The summed E-state index contributed by atoms with van der Waals surface area (Å²) in [5, 5.41) is 0. The van der Waals surface area contributed by atoms with Gasteiger partial charge in [0.2, 0.25) is 0 Å². The Hall–Kier alpha value is -0.0400. The molecule has 0 aromatic rings. The van der Waals surface area contributed by atoms with E-state index in [1.165, 1.54) is 26.1 Å². The molecule has 0 N–H and O–H groups in total. The number of rotatable bonds is 0. The van der Waals surface area contributed by atoms with Gasteiger partial charge in [-0.25, -0.2) is 0 Å². The summed E-state index contributed by atoms with van der Waals surface area (Å²) < 4.78 is 0. The van der Waals surface area contributed by atoms with Gasteiger partial charge in [-0.15, -0.1) is 0 Å². The molecule has 40 valence electrons. The highest BCUT2D eigenvalue weighted by Gasteiger charge is 2.44. The molecule has 1 nitrogen and oxygen atoms in total. The molecule has 3 heterocycles. The highest BCUT2D eigenvalue weighted by molar-refractivity contribution is 4.98. The lowest BCUT2D eigenvalue weighted by Gasteiger charge is -2.36. The van der Waals surface area contributed by atoms with E-state index in [0.29, 0.717) is 0 Å². The topological polar surface area (TPSA) is 3.24 Å². The molecule has 0 amide bonds. The van der Waals surface area contributed by atoms with Gasteiger partial charge in [0.1, 0.15) is 0 Å². The summed E-state index contributed by atoms with van der Waals surface area (Å²) in [6, 6.07) is 0. The molecule has 3 rings (SSSR count). The smallest absolute Gasteiger partial charge is 0.00483 e. The average Bonchev–Trinajstić information content (AvgIpc) is 1.88. The molecular formula is C6H11N. The highest BCUT2D eigenvalue weighted by atomic mass is 15.2. The monoisotopic (exact) mass is 97.1 g/mol. The van der Waals surface area contributed by atoms with Gasteiger partial charge < -0.3 is 4.90 Å². The Labute approximate surface area is 44.3 Å². The van der Waals surface area contributed by atoms with Crippen molar-refractivity contribution in [1.29, 1.82) is 0 Å². The highest BCUT2D eigenvalue weighted by Crippen LogP contribution is 2.40. The van der Waals surface area contributed by atoms with Crippen LogP contribution in [0.2, 0.25) is 0 Å². The Kier molecular flexibility index (Phi) is 0.487. The van der Waals surface area contributed by atoms with Gasteiger partial charge in [-0.05, 0) is 18.4 Å². The molecule has 3 aliphatic rings. The average molecular weight is 97.2 g/mol. The van der Waals surface area contributed by atoms with Gasteiger partial charge in [-0.3, -0.25) is 0 Å². The predicted molar refractivity (Wildman–Crippen MR) is 29.2 cm³/mol. The maximum Gasteiger partial charge on any atom is 0.00483 e. The van der Waals surface area contributed by atoms with E-state index < -0.39 is 0 Å². The summed E-state index contributed by atoms with van der Waals surface area (Å²) in [5.41, 5.74) is 0.764. The van der Waals surface area contributed by atoms with Gasteiger partial charge in [0.05, 0.1) is 0 Å². The molecule has 3 fully saturated rings. The quantitative estimate of drug-likeness (QED) is 0.430. The first-order chi connectivity index (χ1) is 3.29. The van der Waals surface area contributed by atoms with Crippen molar-refractivity contribution in [2.45, 2.75) is 13.3 Å². The van der Waals surface area contributed by atoms with E-state index in [1.807, 2.05) is 0 Å². The van der Waals surface area contributed by atoms with Crippen molar-refractivity contribution < 1.29 is 0 Å². The summed E-state index contributed by atoms with van der Waals surface area (Å²) in [4.78, 5) is 2.51. The van der Waals surface area contributed by atoms with Crippen LogP contribution in [0.4, 0.5) is 0 Å². The third kappa shape index (κ3) is 0.367. The molecule has 0 unspecified atom stereocenters. The second-order valence-corrected chi connectivity index (χ2v) is 3.27. The van der Waals surface area contributed by atoms with Gasteiger partial charge in [-0.1, -0.05) is 6.92 Å². The normalized spacial score (nSPS) is 57.0. The summed E-state index contributed by atoms with van der Waals surface area (Å²) in [7, 11) is 0. The van der Waals surface area contributed by atoms with Crippen LogP contribution in [0.15, 0.2) is 0 Å². The van der Waals surface area contributed by atoms with Gasteiger partial charge in [0.25, 0.3) is 0 Å². The van der Waals surface area contributed by atoms with Crippen LogP contribution in [-0.2, 0) is 0 Å². The third-order valence-electron chi connectivity index (χ3n) is 2.24. The van der Waals surface area contributed by atoms with Crippen LogP contribution >= 0.6 is 0 Å². The molecule has 7 heavy (non-hydrogen) atoms. The van der Waals surface area contributed by atoms with E-state index in [-0.39, 0.29) is 0 Å². The Morgan fingerprint density at radius 2 is 2.14 bits per heavy atom. The maximum absolute atomic E-state index is 2.51. The molecule has 1 heteroatoms. The first kappa shape index (κ1) is 3.90. The lowest BCUT2D eigenvalue weighted by Crippen LogP contribution is -2.44. The van der Waals surface area contributed by atoms with Crippen LogP contribution in [0.1, 0.15) is 13.3 Å². The van der Waals surface area contributed by atoms with Gasteiger partial charge in [0.15, 0.2) is 0 Å². The SMILES string of the molecule is CC12CCN(C1)C2. The van der Waals surface area contributed by atoms with Crippen LogP contribution in [0.5, 0.6) is 0 Å². The predicted octanol–water partition coefficient (Wildman–Crippen LogP) is 0.712. The Morgan fingerprint density at radius 3 is 2.29 bits per heavy atom. The zero-order valence-corrected chi connectivity index (χ0v) is 4.78. The minimum atomic E-state index is 0.764. The van der Waals surface area contributed by atoms with Crippen LogP contribution in [0, 0.1) is 5.41 Å². The molecule has 0 aromatic heterocycles. The molecule has 0 aliphatic carbocycles. The van der Waals surface area contributed by atoms with E-state index >= 15 is 0 Å². The first-order valence-corrected chi connectivity index (χ1v) is 3.01. The van der Waals surface area contributed by atoms with Crippen LogP contribution < -0.4 is 0 Å². The fourth-order valence-electron chi connectivity index (χ4n) is 1.78. The van der Waals surface area contributed by atoms with Crippen molar-refractivity contribution in [3.05, 3.63) is 0 Å². The first-order valence-electron chi connectivity index (χ1n) is 3.01. The molecule has 0 spiro atoms. The molecule has 0 atom stereocenters. The second kappa shape index (κ2) is 0.873. The molecule has 0 radical (unpaired) electrons. The third-order valence-corrected chi connectivity index (χ3v) is 2.24. The number of nitrogens with zero attached hydrogens (tertiary/aromatic N) is 1. The molecule has 3 saturated heterocycles. The standard InChI is InChI=1S/C6H11N/c1-6-2-3-7(4-6)5-6/h2-5H2,1H3. The van der Waals surface area contributed by atoms with Gasteiger partial charge in [-0.2, -0.15) is 0 Å². The molecule has 2 bridgehead atoms. The van der Waals surface area contributed by atoms with Crippen LogP contribution in [0.25, 0.3) is 0 Å². The van der Waals surface area contributed by atoms with Gasteiger partial charge in [0, 0.05) is 13.1 Å². The molecule has 0 aromatic carbocycles. The number of hydrogen-bond donors (Lipinski definition) is 0. The Morgan fingerprint density at radius 1 is 1.43 bits per heavy atom. The number of hydrogen-bond acceptors (Lipinski definition) is 1. The van der Waals surface area contributed by atoms with E-state index in [1.54, 1.807) is 0 Å². The van der Waals surface area contributed by atoms with Crippen molar-refractivity contribution in [3.63, 3.8) is 0 Å². The summed E-state index contributed by atoms with van der Waals surface area (Å²) in [6.45, 7) is 6.52. The molecule has 0 saturated carbocycles. The summed E-state index contributed by atoms with van der Waals surface area (Å²) in [5.74, 6) is 0. The maximum atomic E-state index is 2.51. The molecule has 3 aliphatic heterocycles. The van der Waals surface area contributed by atoms with Crippen molar-refractivity contribution in [2.75, 3.05) is 19.6 Å².